The summed E-state index contributed by atoms with van der Waals surface area (Å²) in [6, 6.07) is 11.4. The van der Waals surface area contributed by atoms with Crippen LogP contribution >= 0.6 is 15.9 Å². The molecule has 8 nitrogen and oxygen atoms in total. The molecule has 3 N–H and O–H groups in total. The lowest BCUT2D eigenvalue weighted by Gasteiger charge is -2.12. The largest absolute Gasteiger partial charge is 0.493 e. The highest BCUT2D eigenvalue weighted by molar-refractivity contribution is 9.10. The number of ether oxygens (including phenoxy) is 2. The van der Waals surface area contributed by atoms with E-state index in [0.29, 0.717) is 23.7 Å². The lowest BCUT2D eigenvalue weighted by Crippen LogP contribution is -2.46. The van der Waals surface area contributed by atoms with Gasteiger partial charge < -0.3 is 14.8 Å². The second-order valence-corrected chi connectivity index (χ2v) is 6.41. The van der Waals surface area contributed by atoms with E-state index in [4.69, 9.17) is 9.47 Å². The first-order valence-electron chi connectivity index (χ1n) is 8.38. The molecule has 0 spiro atoms. The van der Waals surface area contributed by atoms with Gasteiger partial charge in [0.25, 0.3) is 17.7 Å². The number of methoxy groups -OCH3 is 1. The number of carbonyl (C=O) groups excluding carboxylic acids is 3. The molecule has 0 radical (unpaired) electrons. The molecule has 0 unspecified atom stereocenters. The topological polar surface area (TPSA) is 106 Å². The van der Waals surface area contributed by atoms with Gasteiger partial charge in [0.05, 0.1) is 20.3 Å². The monoisotopic (exact) mass is 449 g/mol. The van der Waals surface area contributed by atoms with E-state index in [2.05, 4.69) is 32.1 Å². The Morgan fingerprint density at radius 1 is 0.964 bits per heavy atom. The van der Waals surface area contributed by atoms with Crippen molar-refractivity contribution in [1.29, 1.82) is 0 Å². The normalized spacial score (nSPS) is 9.96. The lowest BCUT2D eigenvalue weighted by molar-refractivity contribution is -0.120. The van der Waals surface area contributed by atoms with Crippen LogP contribution in [0.1, 0.15) is 27.6 Å². The number of amides is 3. The summed E-state index contributed by atoms with van der Waals surface area (Å²) in [7, 11) is 1.47. The summed E-state index contributed by atoms with van der Waals surface area (Å²) >= 11 is 3.27. The van der Waals surface area contributed by atoms with E-state index in [1.165, 1.54) is 13.2 Å². The molecule has 0 saturated heterocycles. The molecule has 0 saturated carbocycles. The zero-order valence-electron chi connectivity index (χ0n) is 15.4. The van der Waals surface area contributed by atoms with Crippen molar-refractivity contribution in [3.05, 3.63) is 58.1 Å². The van der Waals surface area contributed by atoms with Gasteiger partial charge in [0.1, 0.15) is 0 Å². The maximum atomic E-state index is 12.2. The quantitative estimate of drug-likeness (QED) is 0.560. The fourth-order valence-corrected chi connectivity index (χ4v) is 2.62. The molecule has 9 heteroatoms. The van der Waals surface area contributed by atoms with Crippen molar-refractivity contribution < 1.29 is 23.9 Å². The van der Waals surface area contributed by atoms with E-state index < -0.39 is 17.7 Å². The number of nitrogens with one attached hydrogen (secondary N) is 3. The highest BCUT2D eigenvalue weighted by Crippen LogP contribution is 2.27. The highest BCUT2D eigenvalue weighted by atomic mass is 79.9. The van der Waals surface area contributed by atoms with Crippen LogP contribution in [0, 0.1) is 0 Å². The molecule has 0 aliphatic rings. The van der Waals surface area contributed by atoms with Gasteiger partial charge >= 0.3 is 0 Å². The van der Waals surface area contributed by atoms with Crippen LogP contribution in [0.5, 0.6) is 11.5 Å². The van der Waals surface area contributed by atoms with Crippen molar-refractivity contribution in [3.8, 4) is 11.5 Å². The maximum Gasteiger partial charge on any atom is 0.269 e. The summed E-state index contributed by atoms with van der Waals surface area (Å²) < 4.78 is 11.3. The van der Waals surface area contributed by atoms with E-state index in [9.17, 15) is 14.4 Å². The van der Waals surface area contributed by atoms with Gasteiger partial charge in [0.2, 0.25) is 0 Å². The molecule has 0 atom stereocenters. The van der Waals surface area contributed by atoms with Crippen molar-refractivity contribution in [2.75, 3.05) is 20.3 Å². The third-order valence-electron chi connectivity index (χ3n) is 3.54. The molecule has 0 heterocycles. The summed E-state index contributed by atoms with van der Waals surface area (Å²) in [6.07, 6.45) is 0. The van der Waals surface area contributed by atoms with Crippen LogP contribution in [0.2, 0.25) is 0 Å². The van der Waals surface area contributed by atoms with Crippen molar-refractivity contribution in [2.24, 2.45) is 0 Å². The number of carbonyl (C=O) groups is 3. The minimum atomic E-state index is -0.574. The van der Waals surface area contributed by atoms with E-state index in [-0.39, 0.29) is 12.1 Å². The Bertz CT molecular complexity index is 872. The maximum absolute atomic E-state index is 12.2. The molecular weight excluding hydrogens is 430 g/mol. The van der Waals surface area contributed by atoms with Gasteiger partial charge in [-0.05, 0) is 43.3 Å². The molecule has 0 aliphatic carbocycles. The van der Waals surface area contributed by atoms with E-state index in [0.717, 1.165) is 4.47 Å². The SMILES string of the molecule is CCOc1ccc(C(=O)NNC(=O)CNC(=O)c2cccc(Br)c2)cc1OC. The Morgan fingerprint density at radius 2 is 1.71 bits per heavy atom. The first-order valence-corrected chi connectivity index (χ1v) is 9.17. The number of halogens is 1. The number of hydrogen-bond acceptors (Lipinski definition) is 5. The van der Waals surface area contributed by atoms with Crippen LogP contribution in [0.15, 0.2) is 46.9 Å². The average molecular weight is 450 g/mol. The van der Waals surface area contributed by atoms with Gasteiger partial charge in [0.15, 0.2) is 11.5 Å². The van der Waals surface area contributed by atoms with Crippen molar-refractivity contribution in [1.82, 2.24) is 16.2 Å². The van der Waals surface area contributed by atoms with Gasteiger partial charge in [-0.15, -0.1) is 0 Å². The molecule has 0 aromatic heterocycles. The zero-order chi connectivity index (χ0) is 20.5. The Balaban J connectivity index is 1.85. The summed E-state index contributed by atoms with van der Waals surface area (Å²) in [5, 5.41) is 2.47. The van der Waals surface area contributed by atoms with Gasteiger partial charge in [-0.2, -0.15) is 0 Å². The predicted molar refractivity (Wildman–Crippen MR) is 106 cm³/mol. The zero-order valence-corrected chi connectivity index (χ0v) is 17.0. The molecular formula is C19H20BrN3O5. The molecule has 2 aromatic carbocycles. The van der Waals surface area contributed by atoms with Crippen molar-refractivity contribution >= 4 is 33.7 Å². The van der Waals surface area contributed by atoms with Gasteiger partial charge in [-0.25, -0.2) is 0 Å². The summed E-state index contributed by atoms with van der Waals surface area (Å²) in [4.78, 5) is 36.0. The average Bonchev–Trinajstić information content (AvgIpc) is 2.70. The Morgan fingerprint density at radius 3 is 2.39 bits per heavy atom. The summed E-state index contributed by atoms with van der Waals surface area (Å²) in [5.41, 5.74) is 5.21. The van der Waals surface area contributed by atoms with Crippen LogP contribution in [-0.2, 0) is 4.79 Å². The molecule has 28 heavy (non-hydrogen) atoms. The molecule has 2 aromatic rings. The first kappa shape index (κ1) is 21.2. The molecule has 0 aliphatic heterocycles. The van der Waals surface area contributed by atoms with E-state index in [1.54, 1.807) is 36.4 Å². The number of hydrazine groups is 1. The summed E-state index contributed by atoms with van der Waals surface area (Å²) in [5.74, 6) is -0.593. The fourth-order valence-electron chi connectivity index (χ4n) is 2.22. The van der Waals surface area contributed by atoms with Crippen LogP contribution in [-0.4, -0.2) is 38.0 Å². The second-order valence-electron chi connectivity index (χ2n) is 5.49. The number of benzene rings is 2. The van der Waals surface area contributed by atoms with Crippen LogP contribution in [0.25, 0.3) is 0 Å². The lowest BCUT2D eigenvalue weighted by atomic mass is 10.2. The van der Waals surface area contributed by atoms with Gasteiger partial charge in [0, 0.05) is 15.6 Å². The third-order valence-corrected chi connectivity index (χ3v) is 4.03. The smallest absolute Gasteiger partial charge is 0.269 e. The highest BCUT2D eigenvalue weighted by Gasteiger charge is 2.13. The Kier molecular flexibility index (Phi) is 7.82. The van der Waals surface area contributed by atoms with Crippen LogP contribution in [0.4, 0.5) is 0 Å². The second kappa shape index (κ2) is 10.3. The fraction of sp³-hybridized carbons (Fsp3) is 0.211. The van der Waals surface area contributed by atoms with Gasteiger partial charge in [-0.1, -0.05) is 22.0 Å². The van der Waals surface area contributed by atoms with Crippen molar-refractivity contribution in [2.45, 2.75) is 6.92 Å². The standard InChI is InChI=1S/C19H20BrN3O5/c1-3-28-15-8-7-13(10-16(15)27-2)19(26)23-22-17(24)11-21-18(25)12-5-4-6-14(20)9-12/h4-10H,3,11H2,1-2H3,(H,21,25)(H,22,24)(H,23,26). The minimum Gasteiger partial charge on any atom is -0.493 e. The Labute approximate surface area is 170 Å². The summed E-state index contributed by atoms with van der Waals surface area (Å²) in [6.45, 7) is 2.01. The molecule has 148 valence electrons. The van der Waals surface area contributed by atoms with Gasteiger partial charge in [-0.3, -0.25) is 25.2 Å². The van der Waals surface area contributed by atoms with Crippen LogP contribution in [0.3, 0.4) is 0 Å². The molecule has 0 fully saturated rings. The van der Waals surface area contributed by atoms with Crippen LogP contribution < -0.4 is 25.6 Å². The predicted octanol–water partition coefficient (Wildman–Crippen LogP) is 2.05. The van der Waals surface area contributed by atoms with E-state index >= 15 is 0 Å². The molecule has 2 rings (SSSR count). The van der Waals surface area contributed by atoms with E-state index in [1.807, 2.05) is 6.92 Å². The first-order chi connectivity index (χ1) is 13.4. The Hall–Kier alpha value is -3.07. The van der Waals surface area contributed by atoms with Crippen molar-refractivity contribution in [3.63, 3.8) is 0 Å². The molecule has 3 amide bonds. The number of hydrogen-bond donors (Lipinski definition) is 3. The molecule has 0 bridgehead atoms. The minimum absolute atomic E-state index is 0.277. The third kappa shape index (κ3) is 5.98. The number of rotatable bonds is 7.